The zero-order valence-electron chi connectivity index (χ0n) is 13.6. The number of aliphatic carboxylic acids is 1. The third-order valence-corrected chi connectivity index (χ3v) is 5.54. The molecule has 0 radical (unpaired) electrons. The van der Waals surface area contributed by atoms with Gasteiger partial charge < -0.3 is 10.0 Å². The third kappa shape index (κ3) is 2.68. The average Bonchev–Trinajstić information content (AvgIpc) is 3.37. The first-order valence-corrected chi connectivity index (χ1v) is 8.33. The third-order valence-electron chi connectivity index (χ3n) is 5.54. The lowest BCUT2D eigenvalue weighted by Gasteiger charge is -2.41. The van der Waals surface area contributed by atoms with E-state index in [4.69, 9.17) is 0 Å². The number of halogens is 2. The molecule has 1 N–H and O–H groups in total. The standard InChI is InChI=1S/C18H21F2NO3/c1-21(18(17(23)24)8-3-2-4-9-18)16(22)13-10-12(13)11-6-5-7-14(19)15(11)20/h5-7,12-13H,2-4,8-10H2,1H3,(H,23,24). The summed E-state index contributed by atoms with van der Waals surface area (Å²) in [6, 6.07) is 3.97. The Morgan fingerprint density at radius 3 is 2.50 bits per heavy atom. The molecule has 0 aliphatic heterocycles. The average molecular weight is 337 g/mol. The van der Waals surface area contributed by atoms with Gasteiger partial charge in [0.2, 0.25) is 5.91 Å². The zero-order chi connectivity index (χ0) is 17.5. The van der Waals surface area contributed by atoms with E-state index in [1.165, 1.54) is 24.1 Å². The van der Waals surface area contributed by atoms with Gasteiger partial charge in [0, 0.05) is 13.0 Å². The number of nitrogens with zero attached hydrogens (tertiary/aromatic N) is 1. The van der Waals surface area contributed by atoms with Crippen molar-refractivity contribution in [2.45, 2.75) is 50.0 Å². The zero-order valence-corrected chi connectivity index (χ0v) is 13.6. The van der Waals surface area contributed by atoms with E-state index in [2.05, 4.69) is 0 Å². The van der Waals surface area contributed by atoms with Gasteiger partial charge in [-0.05, 0) is 36.8 Å². The molecule has 0 saturated heterocycles. The van der Waals surface area contributed by atoms with E-state index in [1.54, 1.807) is 0 Å². The smallest absolute Gasteiger partial charge is 0.329 e. The van der Waals surface area contributed by atoms with Gasteiger partial charge in [-0.25, -0.2) is 13.6 Å². The fourth-order valence-electron chi connectivity index (χ4n) is 3.91. The molecule has 3 rings (SSSR count). The minimum absolute atomic E-state index is 0.203. The maximum absolute atomic E-state index is 13.9. The summed E-state index contributed by atoms with van der Waals surface area (Å²) in [4.78, 5) is 25.9. The summed E-state index contributed by atoms with van der Waals surface area (Å²) in [5.74, 6) is -3.94. The molecule has 0 heterocycles. The number of carboxylic acids is 1. The topological polar surface area (TPSA) is 57.6 Å². The molecular formula is C18H21F2NO3. The molecule has 1 amide bonds. The van der Waals surface area contributed by atoms with Crippen LogP contribution in [-0.4, -0.2) is 34.5 Å². The molecule has 2 aliphatic carbocycles. The number of amides is 1. The second kappa shape index (κ2) is 6.15. The van der Waals surface area contributed by atoms with Crippen LogP contribution < -0.4 is 0 Å². The van der Waals surface area contributed by atoms with E-state index in [0.29, 0.717) is 19.3 Å². The minimum atomic E-state index is -1.16. The molecule has 0 aromatic heterocycles. The van der Waals surface area contributed by atoms with Gasteiger partial charge in [-0.3, -0.25) is 4.79 Å². The van der Waals surface area contributed by atoms with Gasteiger partial charge >= 0.3 is 5.97 Å². The Morgan fingerprint density at radius 1 is 1.21 bits per heavy atom. The number of rotatable bonds is 4. The van der Waals surface area contributed by atoms with Crippen LogP contribution in [0.15, 0.2) is 18.2 Å². The highest BCUT2D eigenvalue weighted by Gasteiger charge is 2.52. The predicted octanol–water partition coefficient (Wildman–Crippen LogP) is 3.31. The maximum atomic E-state index is 13.9. The first-order chi connectivity index (χ1) is 11.4. The molecule has 130 valence electrons. The second-order valence-electron chi connectivity index (χ2n) is 6.89. The number of carboxylic acid groups (broad SMARTS) is 1. The number of benzene rings is 1. The summed E-state index contributed by atoms with van der Waals surface area (Å²) in [5.41, 5.74) is -0.960. The molecule has 0 spiro atoms. The molecule has 1 aromatic rings. The fourth-order valence-corrected chi connectivity index (χ4v) is 3.91. The molecule has 2 atom stereocenters. The summed E-state index contributed by atoms with van der Waals surface area (Å²) in [6.07, 6.45) is 3.83. The second-order valence-corrected chi connectivity index (χ2v) is 6.89. The SMILES string of the molecule is CN(C(=O)C1CC1c1cccc(F)c1F)C1(C(=O)O)CCCCC1. The Bertz CT molecular complexity index is 670. The van der Waals surface area contributed by atoms with Crippen LogP contribution in [0.25, 0.3) is 0 Å². The molecule has 4 nitrogen and oxygen atoms in total. The number of carbonyl (C=O) groups is 2. The number of hydrogen-bond donors (Lipinski definition) is 1. The van der Waals surface area contributed by atoms with Crippen LogP contribution >= 0.6 is 0 Å². The van der Waals surface area contributed by atoms with Crippen molar-refractivity contribution in [1.82, 2.24) is 4.90 Å². The van der Waals surface area contributed by atoms with Gasteiger partial charge in [0.25, 0.3) is 0 Å². The molecule has 2 unspecified atom stereocenters. The van der Waals surface area contributed by atoms with E-state index < -0.39 is 29.1 Å². The Morgan fingerprint density at radius 2 is 1.88 bits per heavy atom. The van der Waals surface area contributed by atoms with Crippen molar-refractivity contribution in [1.29, 1.82) is 0 Å². The molecular weight excluding hydrogens is 316 g/mol. The van der Waals surface area contributed by atoms with E-state index in [-0.39, 0.29) is 17.4 Å². The lowest BCUT2D eigenvalue weighted by Crippen LogP contribution is -2.56. The van der Waals surface area contributed by atoms with Crippen LogP contribution in [0.2, 0.25) is 0 Å². The largest absolute Gasteiger partial charge is 0.479 e. The van der Waals surface area contributed by atoms with E-state index in [0.717, 1.165) is 25.3 Å². The summed E-state index contributed by atoms with van der Waals surface area (Å²) < 4.78 is 27.3. The maximum Gasteiger partial charge on any atom is 0.329 e. The van der Waals surface area contributed by atoms with Crippen molar-refractivity contribution in [2.75, 3.05) is 7.05 Å². The molecule has 2 fully saturated rings. The Kier molecular flexibility index (Phi) is 4.32. The minimum Gasteiger partial charge on any atom is -0.479 e. The van der Waals surface area contributed by atoms with Crippen LogP contribution in [0.3, 0.4) is 0 Å². The van der Waals surface area contributed by atoms with Crippen LogP contribution in [-0.2, 0) is 9.59 Å². The lowest BCUT2D eigenvalue weighted by molar-refractivity contribution is -0.160. The van der Waals surface area contributed by atoms with Gasteiger partial charge in [-0.1, -0.05) is 31.4 Å². The molecule has 2 saturated carbocycles. The molecule has 6 heteroatoms. The van der Waals surface area contributed by atoms with Gasteiger partial charge in [0.05, 0.1) is 0 Å². The Hall–Kier alpha value is -1.98. The quantitative estimate of drug-likeness (QED) is 0.917. The highest BCUT2D eigenvalue weighted by atomic mass is 19.2. The molecule has 24 heavy (non-hydrogen) atoms. The summed E-state index contributed by atoms with van der Waals surface area (Å²) in [6.45, 7) is 0. The van der Waals surface area contributed by atoms with Gasteiger partial charge in [0.1, 0.15) is 5.54 Å². The predicted molar refractivity (Wildman–Crippen MR) is 83.4 cm³/mol. The normalized spacial score (nSPS) is 25.1. The van der Waals surface area contributed by atoms with E-state index in [9.17, 15) is 23.5 Å². The van der Waals surface area contributed by atoms with Gasteiger partial charge in [0.15, 0.2) is 11.6 Å². The van der Waals surface area contributed by atoms with Gasteiger partial charge in [-0.2, -0.15) is 0 Å². The number of hydrogen-bond acceptors (Lipinski definition) is 2. The molecule has 0 bridgehead atoms. The number of likely N-dealkylation sites (N-methyl/N-ethyl adjacent to an activating group) is 1. The number of carbonyl (C=O) groups excluding carboxylic acids is 1. The lowest BCUT2D eigenvalue weighted by atomic mass is 9.80. The highest BCUT2D eigenvalue weighted by Crippen LogP contribution is 2.50. The fraction of sp³-hybridized carbons (Fsp3) is 0.556. The van der Waals surface area contributed by atoms with E-state index in [1.807, 2.05) is 0 Å². The first-order valence-electron chi connectivity index (χ1n) is 8.33. The van der Waals surface area contributed by atoms with Gasteiger partial charge in [-0.15, -0.1) is 0 Å². The van der Waals surface area contributed by atoms with E-state index >= 15 is 0 Å². The summed E-state index contributed by atoms with van der Waals surface area (Å²) in [5, 5.41) is 9.67. The molecule has 1 aromatic carbocycles. The van der Waals surface area contributed by atoms with Crippen LogP contribution in [0, 0.1) is 17.6 Å². The highest BCUT2D eigenvalue weighted by molar-refractivity contribution is 5.90. The monoisotopic (exact) mass is 337 g/mol. The Labute approximate surface area is 139 Å². The van der Waals surface area contributed by atoms with Crippen LogP contribution in [0.1, 0.15) is 50.0 Å². The van der Waals surface area contributed by atoms with Crippen molar-refractivity contribution in [3.05, 3.63) is 35.4 Å². The van der Waals surface area contributed by atoms with Crippen molar-refractivity contribution in [3.63, 3.8) is 0 Å². The van der Waals surface area contributed by atoms with Crippen molar-refractivity contribution < 1.29 is 23.5 Å². The summed E-state index contributed by atoms with van der Waals surface area (Å²) >= 11 is 0. The summed E-state index contributed by atoms with van der Waals surface area (Å²) in [7, 11) is 1.53. The molecule has 2 aliphatic rings. The Balaban J connectivity index is 1.77. The first kappa shape index (κ1) is 16.9. The van der Waals surface area contributed by atoms with Crippen molar-refractivity contribution >= 4 is 11.9 Å². The van der Waals surface area contributed by atoms with Crippen molar-refractivity contribution in [3.8, 4) is 0 Å². The van der Waals surface area contributed by atoms with Crippen LogP contribution in [0.4, 0.5) is 8.78 Å². The van der Waals surface area contributed by atoms with Crippen molar-refractivity contribution in [2.24, 2.45) is 5.92 Å². The van der Waals surface area contributed by atoms with Crippen LogP contribution in [0.5, 0.6) is 0 Å².